The number of Topliss-reactive ketones (excluding diaryl/α,β-unsaturated/α-hetero) is 1. The largest absolute Gasteiger partial charge is 0.489 e. The first-order valence-corrected chi connectivity index (χ1v) is 7.51. The fraction of sp³-hybridized carbons (Fsp3) is 0.316. The second kappa shape index (κ2) is 6.13. The van der Waals surface area contributed by atoms with E-state index in [0.29, 0.717) is 18.9 Å². The van der Waals surface area contributed by atoms with Crippen molar-refractivity contribution in [1.29, 1.82) is 0 Å². The molecule has 2 aromatic carbocycles. The average molecular weight is 280 g/mol. The van der Waals surface area contributed by atoms with Gasteiger partial charge < -0.3 is 9.53 Å². The number of hydrogen-bond acceptors (Lipinski definition) is 2. The molecule has 0 saturated carbocycles. The monoisotopic (exact) mass is 280 g/mol. The zero-order chi connectivity index (χ0) is 14.7. The Morgan fingerprint density at radius 2 is 2.00 bits per heavy atom. The Labute approximate surface area is 125 Å². The average Bonchev–Trinajstić information content (AvgIpc) is 2.88. The van der Waals surface area contributed by atoms with Crippen molar-refractivity contribution in [3.05, 3.63) is 65.2 Å². The molecule has 2 aromatic rings. The molecule has 0 bridgehead atoms. The fourth-order valence-corrected chi connectivity index (χ4v) is 3.06. The molecule has 0 aromatic heterocycles. The van der Waals surface area contributed by atoms with E-state index in [1.54, 1.807) is 6.92 Å². The third-order valence-corrected chi connectivity index (χ3v) is 4.10. The van der Waals surface area contributed by atoms with Gasteiger partial charge in [-0.1, -0.05) is 36.4 Å². The van der Waals surface area contributed by atoms with Crippen LogP contribution in [0.3, 0.4) is 0 Å². The van der Waals surface area contributed by atoms with E-state index >= 15 is 0 Å². The molecule has 1 unspecified atom stereocenters. The molecule has 1 aliphatic carbocycles. The van der Waals surface area contributed by atoms with Gasteiger partial charge in [0.1, 0.15) is 18.1 Å². The Morgan fingerprint density at radius 3 is 2.76 bits per heavy atom. The zero-order valence-corrected chi connectivity index (χ0v) is 12.3. The van der Waals surface area contributed by atoms with Crippen LogP contribution in [0.15, 0.2) is 48.5 Å². The number of carbonyl (C=O) groups excluding carboxylic acids is 1. The molecule has 2 heteroatoms. The van der Waals surface area contributed by atoms with Crippen molar-refractivity contribution >= 4 is 5.78 Å². The van der Waals surface area contributed by atoms with Crippen molar-refractivity contribution < 1.29 is 9.53 Å². The molecule has 0 N–H and O–H groups in total. The number of carbonyl (C=O) groups is 1. The number of hydrogen-bond donors (Lipinski definition) is 0. The summed E-state index contributed by atoms with van der Waals surface area (Å²) < 4.78 is 5.89. The molecule has 1 atom stereocenters. The van der Waals surface area contributed by atoms with Gasteiger partial charge in [0.15, 0.2) is 0 Å². The Bertz CT molecular complexity index is 631. The molecule has 21 heavy (non-hydrogen) atoms. The Balaban J connectivity index is 1.72. The second-order valence-electron chi connectivity index (χ2n) is 5.78. The number of fused-ring (bicyclic) bond motifs is 1. The summed E-state index contributed by atoms with van der Waals surface area (Å²) in [6.07, 6.45) is 2.80. The smallest absolute Gasteiger partial charge is 0.130 e. The summed E-state index contributed by atoms with van der Waals surface area (Å²) in [5.74, 6) is 1.54. The van der Waals surface area contributed by atoms with E-state index in [4.69, 9.17) is 4.74 Å². The van der Waals surface area contributed by atoms with E-state index in [1.165, 1.54) is 16.7 Å². The van der Waals surface area contributed by atoms with Crippen molar-refractivity contribution in [2.24, 2.45) is 0 Å². The van der Waals surface area contributed by atoms with Crippen molar-refractivity contribution in [3.8, 4) is 5.75 Å². The lowest BCUT2D eigenvalue weighted by Crippen LogP contribution is -2.01. The van der Waals surface area contributed by atoms with Gasteiger partial charge >= 0.3 is 0 Å². The van der Waals surface area contributed by atoms with E-state index in [1.807, 2.05) is 24.3 Å². The van der Waals surface area contributed by atoms with E-state index in [0.717, 1.165) is 18.6 Å². The molecule has 0 radical (unpaired) electrons. The maximum Gasteiger partial charge on any atom is 0.130 e. The van der Waals surface area contributed by atoms with Gasteiger partial charge in [0.2, 0.25) is 0 Å². The van der Waals surface area contributed by atoms with Crippen LogP contribution in [0.4, 0.5) is 0 Å². The van der Waals surface area contributed by atoms with Crippen molar-refractivity contribution in [3.63, 3.8) is 0 Å². The minimum atomic E-state index is 0.267. The normalized spacial score (nSPS) is 16.5. The molecule has 0 aliphatic heterocycles. The van der Waals surface area contributed by atoms with Gasteiger partial charge in [0.25, 0.3) is 0 Å². The highest BCUT2D eigenvalue weighted by Crippen LogP contribution is 2.37. The van der Waals surface area contributed by atoms with Crippen LogP contribution in [0.1, 0.15) is 42.4 Å². The standard InChI is InChI=1S/C19H20O2/c1-14(20)11-17-8-7-16-9-10-18(12-19(16)17)21-13-15-5-3-2-4-6-15/h2-6,9-10,12,17H,7-8,11,13H2,1H3. The first kappa shape index (κ1) is 13.9. The van der Waals surface area contributed by atoms with Crippen LogP contribution in [-0.4, -0.2) is 5.78 Å². The van der Waals surface area contributed by atoms with Crippen LogP contribution in [0.25, 0.3) is 0 Å². The molecular formula is C19H20O2. The van der Waals surface area contributed by atoms with Crippen LogP contribution < -0.4 is 4.74 Å². The summed E-state index contributed by atoms with van der Waals surface area (Å²) in [6, 6.07) is 16.5. The van der Waals surface area contributed by atoms with E-state index in [2.05, 4.69) is 24.3 Å². The van der Waals surface area contributed by atoms with Crippen molar-refractivity contribution in [2.45, 2.75) is 38.7 Å². The van der Waals surface area contributed by atoms with Gasteiger partial charge in [-0.05, 0) is 54.5 Å². The third-order valence-electron chi connectivity index (χ3n) is 4.10. The first-order chi connectivity index (χ1) is 10.2. The van der Waals surface area contributed by atoms with Gasteiger partial charge in [0, 0.05) is 6.42 Å². The molecule has 108 valence electrons. The Morgan fingerprint density at radius 1 is 1.19 bits per heavy atom. The van der Waals surface area contributed by atoms with E-state index in [9.17, 15) is 4.79 Å². The van der Waals surface area contributed by atoms with E-state index < -0.39 is 0 Å². The summed E-state index contributed by atoms with van der Waals surface area (Å²) in [4.78, 5) is 11.4. The van der Waals surface area contributed by atoms with Gasteiger partial charge in [0.05, 0.1) is 0 Å². The summed E-state index contributed by atoms with van der Waals surface area (Å²) in [5, 5.41) is 0. The topological polar surface area (TPSA) is 26.3 Å². The number of ether oxygens (including phenoxy) is 1. The zero-order valence-electron chi connectivity index (χ0n) is 12.3. The predicted molar refractivity (Wildman–Crippen MR) is 83.6 cm³/mol. The van der Waals surface area contributed by atoms with Gasteiger partial charge in [-0.15, -0.1) is 0 Å². The SMILES string of the molecule is CC(=O)CC1CCc2ccc(OCc3ccccc3)cc21. The van der Waals surface area contributed by atoms with Crippen molar-refractivity contribution in [1.82, 2.24) is 0 Å². The summed E-state index contributed by atoms with van der Waals surface area (Å²) in [5.41, 5.74) is 3.84. The molecule has 0 fully saturated rings. The lowest BCUT2D eigenvalue weighted by Gasteiger charge is -2.12. The van der Waals surface area contributed by atoms with Gasteiger partial charge in [-0.2, -0.15) is 0 Å². The van der Waals surface area contributed by atoms with Gasteiger partial charge in [-0.25, -0.2) is 0 Å². The molecule has 0 spiro atoms. The minimum absolute atomic E-state index is 0.267. The van der Waals surface area contributed by atoms with Crippen LogP contribution in [0.2, 0.25) is 0 Å². The third kappa shape index (κ3) is 3.33. The molecule has 2 nitrogen and oxygen atoms in total. The van der Waals surface area contributed by atoms with Crippen LogP contribution in [-0.2, 0) is 17.8 Å². The van der Waals surface area contributed by atoms with Crippen LogP contribution in [0, 0.1) is 0 Å². The highest BCUT2D eigenvalue weighted by Gasteiger charge is 2.24. The lowest BCUT2D eigenvalue weighted by atomic mass is 9.96. The fourth-order valence-electron chi connectivity index (χ4n) is 3.06. The Kier molecular flexibility index (Phi) is 4.05. The molecule has 0 saturated heterocycles. The summed E-state index contributed by atoms with van der Waals surface area (Å²) in [7, 11) is 0. The maximum absolute atomic E-state index is 11.4. The van der Waals surface area contributed by atoms with Crippen LogP contribution >= 0.6 is 0 Å². The number of rotatable bonds is 5. The number of benzene rings is 2. The van der Waals surface area contributed by atoms with Crippen molar-refractivity contribution in [2.75, 3.05) is 0 Å². The minimum Gasteiger partial charge on any atom is -0.489 e. The molecule has 3 rings (SSSR count). The molecule has 0 heterocycles. The van der Waals surface area contributed by atoms with E-state index in [-0.39, 0.29) is 5.78 Å². The van der Waals surface area contributed by atoms with Crippen LogP contribution in [0.5, 0.6) is 5.75 Å². The lowest BCUT2D eigenvalue weighted by molar-refractivity contribution is -0.117. The quantitative estimate of drug-likeness (QED) is 0.817. The number of aryl methyl sites for hydroxylation is 1. The number of ketones is 1. The maximum atomic E-state index is 11.4. The molecular weight excluding hydrogens is 260 g/mol. The first-order valence-electron chi connectivity index (χ1n) is 7.51. The van der Waals surface area contributed by atoms with Gasteiger partial charge in [-0.3, -0.25) is 0 Å². The Hall–Kier alpha value is -2.09. The molecule has 0 amide bonds. The summed E-state index contributed by atoms with van der Waals surface area (Å²) in [6.45, 7) is 2.25. The molecule has 1 aliphatic rings. The highest BCUT2D eigenvalue weighted by atomic mass is 16.5. The second-order valence-corrected chi connectivity index (χ2v) is 5.78. The highest BCUT2D eigenvalue weighted by molar-refractivity contribution is 5.76. The predicted octanol–water partition coefficient (Wildman–Crippen LogP) is 4.27. The summed E-state index contributed by atoms with van der Waals surface area (Å²) >= 11 is 0.